The molecule has 2 aliphatic rings. The summed E-state index contributed by atoms with van der Waals surface area (Å²) in [6.45, 7) is 10.6. The average Bonchev–Trinajstić information content (AvgIpc) is 2.76. The van der Waals surface area contributed by atoms with Crippen LogP contribution in [0.4, 0.5) is 0 Å². The van der Waals surface area contributed by atoms with E-state index in [4.69, 9.17) is 0 Å². The van der Waals surface area contributed by atoms with Crippen molar-refractivity contribution in [1.82, 2.24) is 20.4 Å². The summed E-state index contributed by atoms with van der Waals surface area (Å²) in [6, 6.07) is 0.715. The Balaban J connectivity index is 1.44. The zero-order valence-corrected chi connectivity index (χ0v) is 19.6. The third kappa shape index (κ3) is 10.3. The molecule has 2 heterocycles. The molecule has 0 aromatic rings. The van der Waals surface area contributed by atoms with Crippen LogP contribution in [0.15, 0.2) is 0 Å². The summed E-state index contributed by atoms with van der Waals surface area (Å²) in [5, 5.41) is 6.32. The summed E-state index contributed by atoms with van der Waals surface area (Å²) in [4.78, 5) is 28.3. The lowest BCUT2D eigenvalue weighted by Gasteiger charge is -2.33. The van der Waals surface area contributed by atoms with Crippen molar-refractivity contribution in [2.75, 3.05) is 39.3 Å². The molecule has 174 valence electrons. The Bertz CT molecular complexity index is 456. The molecule has 30 heavy (non-hydrogen) atoms. The van der Waals surface area contributed by atoms with Crippen LogP contribution in [0.3, 0.4) is 0 Å². The van der Waals surface area contributed by atoms with E-state index in [9.17, 15) is 9.59 Å². The molecule has 0 aliphatic carbocycles. The van der Waals surface area contributed by atoms with Gasteiger partial charge in [0.1, 0.15) is 0 Å². The van der Waals surface area contributed by atoms with Gasteiger partial charge in [0.25, 0.3) is 0 Å². The molecule has 0 bridgehead atoms. The summed E-state index contributed by atoms with van der Waals surface area (Å²) in [5.74, 6) is 0.375. The number of piperidine rings is 2. The minimum Gasteiger partial charge on any atom is -0.352 e. The van der Waals surface area contributed by atoms with Crippen LogP contribution in [0.5, 0.6) is 0 Å². The van der Waals surface area contributed by atoms with Crippen LogP contribution in [0.1, 0.15) is 90.9 Å². The second-order valence-corrected chi connectivity index (χ2v) is 9.24. The molecule has 0 aromatic heterocycles. The van der Waals surface area contributed by atoms with Crippen LogP contribution in [-0.2, 0) is 9.59 Å². The highest BCUT2D eigenvalue weighted by molar-refractivity contribution is 5.76. The zero-order valence-electron chi connectivity index (χ0n) is 19.6. The second kappa shape index (κ2) is 14.8. The molecular weight excluding hydrogens is 376 g/mol. The van der Waals surface area contributed by atoms with E-state index in [0.29, 0.717) is 24.9 Å². The van der Waals surface area contributed by atoms with Crippen molar-refractivity contribution in [1.29, 1.82) is 0 Å². The highest BCUT2D eigenvalue weighted by atomic mass is 16.2. The van der Waals surface area contributed by atoms with E-state index in [1.165, 1.54) is 77.5 Å². The molecule has 0 radical (unpaired) electrons. The number of nitrogens with one attached hydrogen (secondary N) is 2. The number of carbonyl (C=O) groups is 2. The van der Waals surface area contributed by atoms with Crippen molar-refractivity contribution in [3.8, 4) is 0 Å². The van der Waals surface area contributed by atoms with Gasteiger partial charge in [0.15, 0.2) is 0 Å². The van der Waals surface area contributed by atoms with Gasteiger partial charge in [-0.1, -0.05) is 39.5 Å². The molecule has 2 amide bonds. The molecule has 0 spiro atoms. The minimum atomic E-state index is 0.188. The molecule has 0 aromatic carbocycles. The van der Waals surface area contributed by atoms with E-state index >= 15 is 0 Å². The van der Waals surface area contributed by atoms with Crippen molar-refractivity contribution in [2.24, 2.45) is 0 Å². The third-order valence-electron chi connectivity index (χ3n) is 6.58. The molecular formula is C24H46N4O2. The van der Waals surface area contributed by atoms with Gasteiger partial charge in [-0.15, -0.1) is 0 Å². The maximum Gasteiger partial charge on any atom is 0.219 e. The third-order valence-corrected chi connectivity index (χ3v) is 6.58. The van der Waals surface area contributed by atoms with Crippen molar-refractivity contribution in [2.45, 2.75) is 103 Å². The number of nitrogens with zero attached hydrogens (tertiary/aromatic N) is 2. The predicted molar refractivity (Wildman–Crippen MR) is 123 cm³/mol. The molecule has 0 saturated carbocycles. The first-order chi connectivity index (χ1) is 14.6. The monoisotopic (exact) mass is 422 g/mol. The first-order valence-electron chi connectivity index (χ1n) is 12.6. The van der Waals surface area contributed by atoms with Crippen LogP contribution in [0, 0.1) is 0 Å². The van der Waals surface area contributed by atoms with E-state index in [2.05, 4.69) is 20.4 Å². The highest BCUT2D eigenvalue weighted by Gasteiger charge is 2.21. The Hall–Kier alpha value is -1.14. The largest absolute Gasteiger partial charge is 0.352 e. The number of amides is 2. The average molecular weight is 423 g/mol. The lowest BCUT2D eigenvalue weighted by Crippen LogP contribution is -2.47. The van der Waals surface area contributed by atoms with Crippen LogP contribution in [0.2, 0.25) is 0 Å². The Morgan fingerprint density at radius 3 is 1.50 bits per heavy atom. The molecule has 2 aliphatic heterocycles. The molecule has 2 atom stereocenters. The fourth-order valence-corrected chi connectivity index (χ4v) is 4.79. The number of unbranched alkanes of at least 4 members (excludes halogenated alkanes) is 5. The van der Waals surface area contributed by atoms with Crippen molar-refractivity contribution in [3.05, 3.63) is 0 Å². The second-order valence-electron chi connectivity index (χ2n) is 9.24. The number of hydrogen-bond acceptors (Lipinski definition) is 4. The van der Waals surface area contributed by atoms with Crippen molar-refractivity contribution in [3.63, 3.8) is 0 Å². The highest BCUT2D eigenvalue weighted by Crippen LogP contribution is 2.14. The van der Waals surface area contributed by atoms with Gasteiger partial charge >= 0.3 is 0 Å². The SMILES string of the molecule is CCC(=O)N[C@@H]1CCCN(CCCCCCCCN2CCC[C@H](NC(=O)CC)C2)C1. The van der Waals surface area contributed by atoms with Gasteiger partial charge in [0, 0.05) is 38.0 Å². The van der Waals surface area contributed by atoms with E-state index in [1.54, 1.807) is 0 Å². The smallest absolute Gasteiger partial charge is 0.219 e. The molecule has 2 saturated heterocycles. The number of likely N-dealkylation sites (tertiary alicyclic amines) is 2. The van der Waals surface area contributed by atoms with E-state index in [1.807, 2.05) is 13.8 Å². The fraction of sp³-hybridized carbons (Fsp3) is 0.917. The first kappa shape index (κ1) is 25.1. The summed E-state index contributed by atoms with van der Waals surface area (Å²) in [5.41, 5.74) is 0. The van der Waals surface area contributed by atoms with Gasteiger partial charge in [0.05, 0.1) is 0 Å². The lowest BCUT2D eigenvalue weighted by molar-refractivity contribution is -0.122. The quantitative estimate of drug-likeness (QED) is 0.447. The van der Waals surface area contributed by atoms with Crippen LogP contribution in [-0.4, -0.2) is 73.0 Å². The van der Waals surface area contributed by atoms with Gasteiger partial charge in [-0.3, -0.25) is 9.59 Å². The Morgan fingerprint density at radius 2 is 1.10 bits per heavy atom. The normalized spacial score (nSPS) is 23.3. The molecule has 2 N–H and O–H groups in total. The van der Waals surface area contributed by atoms with Gasteiger partial charge in [-0.2, -0.15) is 0 Å². The van der Waals surface area contributed by atoms with E-state index in [0.717, 1.165) is 25.9 Å². The van der Waals surface area contributed by atoms with Gasteiger partial charge < -0.3 is 20.4 Å². The molecule has 0 unspecified atom stereocenters. The Morgan fingerprint density at radius 1 is 0.700 bits per heavy atom. The molecule has 6 nitrogen and oxygen atoms in total. The van der Waals surface area contributed by atoms with Crippen molar-refractivity contribution < 1.29 is 9.59 Å². The molecule has 6 heteroatoms. The molecule has 2 fully saturated rings. The summed E-state index contributed by atoms with van der Waals surface area (Å²) in [7, 11) is 0. The Labute approximate surface area is 184 Å². The van der Waals surface area contributed by atoms with Crippen LogP contribution in [0.25, 0.3) is 0 Å². The lowest BCUT2D eigenvalue weighted by atomic mass is 10.0. The predicted octanol–water partition coefficient (Wildman–Crippen LogP) is 3.31. The number of rotatable bonds is 13. The van der Waals surface area contributed by atoms with E-state index < -0.39 is 0 Å². The first-order valence-corrected chi connectivity index (χ1v) is 12.6. The summed E-state index contributed by atoms with van der Waals surface area (Å²) in [6.07, 6.45) is 13.7. The Kier molecular flexibility index (Phi) is 12.4. The summed E-state index contributed by atoms with van der Waals surface area (Å²) >= 11 is 0. The van der Waals surface area contributed by atoms with Crippen LogP contribution >= 0.6 is 0 Å². The van der Waals surface area contributed by atoms with Gasteiger partial charge in [-0.25, -0.2) is 0 Å². The maximum absolute atomic E-state index is 11.6. The zero-order chi connectivity index (χ0) is 21.6. The van der Waals surface area contributed by atoms with Gasteiger partial charge in [-0.05, 0) is 64.7 Å². The fourth-order valence-electron chi connectivity index (χ4n) is 4.79. The standard InChI is InChI=1S/C24H46N4O2/c1-3-23(29)25-21-13-11-17-27(19-21)15-9-7-5-6-8-10-16-28-18-12-14-22(20-28)26-24(30)4-2/h21-22H,3-20H2,1-2H3,(H,25,29)(H,26,30)/t21-,22+. The van der Waals surface area contributed by atoms with E-state index in [-0.39, 0.29) is 11.8 Å². The maximum atomic E-state index is 11.6. The summed E-state index contributed by atoms with van der Waals surface area (Å²) < 4.78 is 0. The number of carbonyl (C=O) groups excluding carboxylic acids is 2. The molecule has 2 rings (SSSR count). The topological polar surface area (TPSA) is 64.7 Å². The van der Waals surface area contributed by atoms with Gasteiger partial charge in [0.2, 0.25) is 11.8 Å². The van der Waals surface area contributed by atoms with Crippen molar-refractivity contribution >= 4 is 11.8 Å². The minimum absolute atomic E-state index is 0.188. The van der Waals surface area contributed by atoms with Crippen LogP contribution < -0.4 is 10.6 Å². The number of hydrogen-bond donors (Lipinski definition) is 2.